The predicted octanol–water partition coefficient (Wildman–Crippen LogP) is 5.05. The lowest BCUT2D eigenvalue weighted by molar-refractivity contribution is -0.132. The second kappa shape index (κ2) is 8.86. The first-order valence-corrected chi connectivity index (χ1v) is 11.1. The smallest absolute Gasteiger partial charge is 0.228 e. The van der Waals surface area contributed by atoms with Crippen LogP contribution in [0, 0.1) is 0 Å². The number of H-pyrrole nitrogens is 1. The maximum atomic E-state index is 12.9. The molecule has 166 valence electrons. The minimum absolute atomic E-state index is 0.0473. The Morgan fingerprint density at radius 3 is 2.64 bits per heavy atom. The molecule has 1 atom stereocenters. The number of carbonyl (C=O) groups is 2. The number of nitrogens with zero attached hydrogens (tertiary/aromatic N) is 3. The third-order valence-electron chi connectivity index (χ3n) is 6.00. The van der Waals surface area contributed by atoms with Gasteiger partial charge < -0.3 is 14.6 Å². The maximum Gasteiger partial charge on any atom is 0.228 e. The van der Waals surface area contributed by atoms with Crippen LogP contribution in [0.4, 0.5) is 0 Å². The fourth-order valence-corrected chi connectivity index (χ4v) is 4.36. The Balaban J connectivity index is 1.37. The van der Waals surface area contributed by atoms with E-state index in [4.69, 9.17) is 4.74 Å². The van der Waals surface area contributed by atoms with E-state index in [2.05, 4.69) is 15.0 Å². The Bertz CT molecular complexity index is 1280. The third-order valence-corrected chi connectivity index (χ3v) is 6.00. The molecule has 1 aliphatic rings. The van der Waals surface area contributed by atoms with E-state index < -0.39 is 0 Å². The summed E-state index contributed by atoms with van der Waals surface area (Å²) in [6, 6.07) is 18.3. The van der Waals surface area contributed by atoms with Gasteiger partial charge in [0.15, 0.2) is 5.82 Å². The zero-order chi connectivity index (χ0) is 22.8. The van der Waals surface area contributed by atoms with Crippen molar-refractivity contribution in [1.29, 1.82) is 0 Å². The van der Waals surface area contributed by atoms with E-state index in [0.29, 0.717) is 23.0 Å². The number of benzene rings is 2. The number of aromatic amines is 1. The van der Waals surface area contributed by atoms with Crippen LogP contribution in [0.25, 0.3) is 11.0 Å². The average molecular weight is 441 g/mol. The van der Waals surface area contributed by atoms with Gasteiger partial charge in [0.05, 0.1) is 17.1 Å². The summed E-state index contributed by atoms with van der Waals surface area (Å²) in [5.41, 5.74) is 2.99. The van der Waals surface area contributed by atoms with E-state index in [-0.39, 0.29) is 17.7 Å². The molecule has 1 N–H and O–H groups in total. The van der Waals surface area contributed by atoms with Gasteiger partial charge >= 0.3 is 0 Å². The Labute approximate surface area is 191 Å². The van der Waals surface area contributed by atoms with Gasteiger partial charge in [0.1, 0.15) is 5.75 Å². The molecule has 7 nitrogen and oxygen atoms in total. The molecule has 0 unspecified atom stereocenters. The van der Waals surface area contributed by atoms with Gasteiger partial charge in [-0.3, -0.25) is 9.59 Å². The predicted molar refractivity (Wildman–Crippen MR) is 124 cm³/mol. The number of ketones is 1. The molecule has 1 fully saturated rings. The topological polar surface area (TPSA) is 88.2 Å². The molecular formula is C26H24N4O3. The van der Waals surface area contributed by atoms with Crippen molar-refractivity contribution in [2.24, 2.45) is 0 Å². The van der Waals surface area contributed by atoms with Crippen LogP contribution in [0.2, 0.25) is 0 Å². The second-order valence-corrected chi connectivity index (χ2v) is 8.18. The molecule has 1 saturated heterocycles. The summed E-state index contributed by atoms with van der Waals surface area (Å²) in [6.07, 6.45) is 4.63. The van der Waals surface area contributed by atoms with Gasteiger partial charge in [0.25, 0.3) is 0 Å². The Kier molecular flexibility index (Phi) is 5.60. The standard InChI is InChI=1S/C26H24N4O3/c1-17(31)30-16-5-4-10-23(30)20-7-6-15-27-26(20)33-19-13-11-18(12-14-19)24(32)25-28-21-8-2-3-9-22(21)29-25/h2-3,6-9,11-15,23H,4-5,10,16H2,1H3,(H,28,29)/t23-/m0/s1. The highest BCUT2D eigenvalue weighted by atomic mass is 16.5. The van der Waals surface area contributed by atoms with Crippen molar-refractivity contribution in [3.8, 4) is 11.6 Å². The zero-order valence-corrected chi connectivity index (χ0v) is 18.3. The molecule has 1 aliphatic heterocycles. The Morgan fingerprint density at radius 2 is 1.85 bits per heavy atom. The number of nitrogens with one attached hydrogen (secondary N) is 1. The number of hydrogen-bond donors (Lipinski definition) is 1. The molecule has 3 heterocycles. The molecule has 5 rings (SSSR count). The number of rotatable bonds is 5. The van der Waals surface area contributed by atoms with E-state index in [1.165, 1.54) is 0 Å². The molecular weight excluding hydrogens is 416 g/mol. The summed E-state index contributed by atoms with van der Waals surface area (Å²) < 4.78 is 6.10. The van der Waals surface area contributed by atoms with E-state index in [9.17, 15) is 9.59 Å². The quantitative estimate of drug-likeness (QED) is 0.439. The van der Waals surface area contributed by atoms with Crippen molar-refractivity contribution >= 4 is 22.7 Å². The minimum Gasteiger partial charge on any atom is -0.439 e. The molecule has 0 spiro atoms. The minimum atomic E-state index is -0.185. The number of para-hydroxylation sites is 2. The van der Waals surface area contributed by atoms with Gasteiger partial charge in [0, 0.05) is 30.8 Å². The number of hydrogen-bond acceptors (Lipinski definition) is 5. The van der Waals surface area contributed by atoms with Crippen molar-refractivity contribution < 1.29 is 14.3 Å². The summed E-state index contributed by atoms with van der Waals surface area (Å²) in [5.74, 6) is 1.23. The number of aromatic nitrogens is 3. The highest BCUT2D eigenvalue weighted by molar-refractivity contribution is 6.08. The number of imidazole rings is 1. The van der Waals surface area contributed by atoms with E-state index in [1.54, 1.807) is 37.4 Å². The molecule has 1 amide bonds. The lowest BCUT2D eigenvalue weighted by Gasteiger charge is -2.35. The number of fused-ring (bicyclic) bond motifs is 1. The lowest BCUT2D eigenvalue weighted by Crippen LogP contribution is -2.37. The summed E-state index contributed by atoms with van der Waals surface area (Å²) in [4.78, 5) is 38.8. The first kappa shape index (κ1) is 20.9. The largest absolute Gasteiger partial charge is 0.439 e. The van der Waals surface area contributed by atoms with Gasteiger partial charge in [0.2, 0.25) is 17.6 Å². The van der Waals surface area contributed by atoms with Crippen LogP contribution in [-0.2, 0) is 4.79 Å². The number of carbonyl (C=O) groups excluding carboxylic acids is 2. The number of piperidine rings is 1. The average Bonchev–Trinajstić information content (AvgIpc) is 3.29. The van der Waals surface area contributed by atoms with Crippen LogP contribution in [0.15, 0.2) is 66.9 Å². The Hall–Kier alpha value is -4.00. The first-order chi connectivity index (χ1) is 16.1. The zero-order valence-electron chi connectivity index (χ0n) is 18.3. The van der Waals surface area contributed by atoms with Gasteiger partial charge in [-0.05, 0) is 61.7 Å². The first-order valence-electron chi connectivity index (χ1n) is 11.1. The van der Waals surface area contributed by atoms with Gasteiger partial charge in [-0.25, -0.2) is 9.97 Å². The highest BCUT2D eigenvalue weighted by Gasteiger charge is 2.28. The van der Waals surface area contributed by atoms with E-state index in [1.807, 2.05) is 41.3 Å². The van der Waals surface area contributed by atoms with E-state index >= 15 is 0 Å². The Morgan fingerprint density at radius 1 is 1.03 bits per heavy atom. The van der Waals surface area contributed by atoms with Crippen molar-refractivity contribution in [3.05, 3.63) is 83.8 Å². The normalized spacial score (nSPS) is 16.0. The van der Waals surface area contributed by atoms with Gasteiger partial charge in [-0.2, -0.15) is 0 Å². The molecule has 2 aromatic carbocycles. The van der Waals surface area contributed by atoms with Crippen molar-refractivity contribution in [3.63, 3.8) is 0 Å². The number of likely N-dealkylation sites (tertiary alicyclic amines) is 1. The lowest BCUT2D eigenvalue weighted by atomic mass is 9.96. The molecule has 4 aromatic rings. The fraction of sp³-hybridized carbons (Fsp3) is 0.231. The summed E-state index contributed by atoms with van der Waals surface area (Å²) in [7, 11) is 0. The molecule has 0 saturated carbocycles. The maximum absolute atomic E-state index is 12.9. The molecule has 2 aromatic heterocycles. The van der Waals surface area contributed by atoms with Crippen LogP contribution in [0.1, 0.15) is 54.0 Å². The molecule has 0 radical (unpaired) electrons. The second-order valence-electron chi connectivity index (χ2n) is 8.18. The molecule has 0 bridgehead atoms. The third kappa shape index (κ3) is 4.22. The van der Waals surface area contributed by atoms with Gasteiger partial charge in [-0.1, -0.05) is 18.2 Å². The molecule has 33 heavy (non-hydrogen) atoms. The summed E-state index contributed by atoms with van der Waals surface area (Å²) >= 11 is 0. The van der Waals surface area contributed by atoms with Crippen LogP contribution in [0.3, 0.4) is 0 Å². The number of ether oxygens (including phenoxy) is 1. The monoisotopic (exact) mass is 440 g/mol. The van der Waals surface area contributed by atoms with Crippen molar-refractivity contribution in [1.82, 2.24) is 19.9 Å². The number of amides is 1. The molecule has 7 heteroatoms. The van der Waals surface area contributed by atoms with Crippen LogP contribution in [0.5, 0.6) is 11.6 Å². The number of pyridine rings is 1. The SMILES string of the molecule is CC(=O)N1CCCC[C@H]1c1cccnc1Oc1ccc(C(=O)c2nc3ccccc3[nH]2)cc1. The fourth-order valence-electron chi connectivity index (χ4n) is 4.36. The highest BCUT2D eigenvalue weighted by Crippen LogP contribution is 2.36. The van der Waals surface area contributed by atoms with Crippen molar-refractivity contribution in [2.45, 2.75) is 32.2 Å². The summed E-state index contributed by atoms with van der Waals surface area (Å²) in [6.45, 7) is 2.35. The van der Waals surface area contributed by atoms with E-state index in [0.717, 1.165) is 42.4 Å². The van der Waals surface area contributed by atoms with Crippen LogP contribution in [-0.4, -0.2) is 38.1 Å². The van der Waals surface area contributed by atoms with Crippen LogP contribution < -0.4 is 4.74 Å². The van der Waals surface area contributed by atoms with Crippen LogP contribution >= 0.6 is 0 Å². The summed E-state index contributed by atoms with van der Waals surface area (Å²) in [5, 5.41) is 0. The molecule has 0 aliphatic carbocycles. The van der Waals surface area contributed by atoms with Gasteiger partial charge in [-0.15, -0.1) is 0 Å². The van der Waals surface area contributed by atoms with Crippen molar-refractivity contribution in [2.75, 3.05) is 6.54 Å².